The van der Waals surface area contributed by atoms with Crippen molar-refractivity contribution in [2.24, 2.45) is 0 Å². The number of fused-ring (bicyclic) bond motifs is 4. The third-order valence-electron chi connectivity index (χ3n) is 4.90. The van der Waals surface area contributed by atoms with Crippen LogP contribution in [0.2, 0.25) is 0 Å². The number of benzene rings is 2. The van der Waals surface area contributed by atoms with Gasteiger partial charge in [-0.05, 0) is 30.2 Å². The highest BCUT2D eigenvalue weighted by atomic mass is 16.7. The minimum absolute atomic E-state index is 0.0284. The molecule has 0 bridgehead atoms. The number of hydroxylamine groups is 2. The minimum atomic E-state index is 0.0284. The summed E-state index contributed by atoms with van der Waals surface area (Å²) in [6.45, 7) is 4.32. The lowest BCUT2D eigenvalue weighted by molar-refractivity contribution is -0.116. The summed E-state index contributed by atoms with van der Waals surface area (Å²) < 4.78 is 0. The second-order valence-corrected chi connectivity index (χ2v) is 6.34. The first-order valence-corrected chi connectivity index (χ1v) is 8.18. The Kier molecular flexibility index (Phi) is 3.43. The number of carbonyl (C=O) groups is 1. The number of likely N-dealkylation sites (N-methyl/N-ethyl adjacent to an activating group) is 1. The summed E-state index contributed by atoms with van der Waals surface area (Å²) in [5, 5.41) is 1.88. The van der Waals surface area contributed by atoms with E-state index in [1.54, 1.807) is 6.92 Å². The van der Waals surface area contributed by atoms with E-state index in [2.05, 4.69) is 19.1 Å². The van der Waals surface area contributed by atoms with Crippen LogP contribution in [0.1, 0.15) is 30.5 Å². The standard InChI is InChI=1S/C20H20N2O2/c1-13-19-16-9-5-4-8-15(16)12-22(14(2)23)18-11-7-6-10-17(18)20(19)24-21(13)3/h4-11,13H,12H2,1-3H3. The van der Waals surface area contributed by atoms with Crippen molar-refractivity contribution >= 4 is 22.9 Å². The number of anilines is 1. The molecule has 2 aliphatic rings. The molecule has 2 aliphatic heterocycles. The van der Waals surface area contributed by atoms with Crippen molar-refractivity contribution < 1.29 is 9.63 Å². The first-order valence-electron chi connectivity index (χ1n) is 8.18. The van der Waals surface area contributed by atoms with Crippen LogP contribution in [0.4, 0.5) is 5.69 Å². The molecule has 4 heteroatoms. The van der Waals surface area contributed by atoms with E-state index in [1.807, 2.05) is 53.4 Å². The Bertz CT molecular complexity index is 856. The molecule has 0 radical (unpaired) electrons. The van der Waals surface area contributed by atoms with Crippen molar-refractivity contribution in [3.05, 3.63) is 65.2 Å². The number of rotatable bonds is 0. The van der Waals surface area contributed by atoms with Gasteiger partial charge in [0.1, 0.15) is 0 Å². The minimum Gasteiger partial charge on any atom is -0.405 e. The van der Waals surface area contributed by atoms with Crippen LogP contribution < -0.4 is 4.90 Å². The molecule has 2 heterocycles. The third-order valence-corrected chi connectivity index (χ3v) is 4.90. The molecular formula is C20H20N2O2. The Morgan fingerprint density at radius 3 is 2.50 bits per heavy atom. The van der Waals surface area contributed by atoms with Crippen LogP contribution in [0.3, 0.4) is 0 Å². The van der Waals surface area contributed by atoms with Gasteiger partial charge in [-0.3, -0.25) is 4.79 Å². The third kappa shape index (κ3) is 2.14. The summed E-state index contributed by atoms with van der Waals surface area (Å²) in [6.07, 6.45) is 0. The van der Waals surface area contributed by atoms with Gasteiger partial charge in [0.25, 0.3) is 0 Å². The van der Waals surface area contributed by atoms with E-state index in [4.69, 9.17) is 4.84 Å². The van der Waals surface area contributed by atoms with Crippen LogP contribution in [-0.4, -0.2) is 24.1 Å². The van der Waals surface area contributed by atoms with Gasteiger partial charge in [0, 0.05) is 25.1 Å². The molecule has 0 spiro atoms. The van der Waals surface area contributed by atoms with Crippen molar-refractivity contribution in [1.82, 2.24) is 5.06 Å². The zero-order valence-electron chi connectivity index (χ0n) is 14.1. The zero-order chi connectivity index (χ0) is 16.8. The number of carbonyl (C=O) groups excluding carboxylic acids is 1. The molecule has 2 aromatic rings. The Labute approximate surface area is 141 Å². The van der Waals surface area contributed by atoms with Crippen molar-refractivity contribution in [2.75, 3.05) is 11.9 Å². The fraction of sp³-hybridized carbons (Fsp3) is 0.250. The monoisotopic (exact) mass is 320 g/mol. The van der Waals surface area contributed by atoms with Crippen LogP contribution >= 0.6 is 0 Å². The van der Waals surface area contributed by atoms with Crippen LogP contribution in [0, 0.1) is 0 Å². The molecule has 0 N–H and O–H groups in total. The highest BCUT2D eigenvalue weighted by Crippen LogP contribution is 2.44. The van der Waals surface area contributed by atoms with E-state index in [0.29, 0.717) is 6.54 Å². The topological polar surface area (TPSA) is 32.8 Å². The van der Waals surface area contributed by atoms with Gasteiger partial charge in [0.15, 0.2) is 5.76 Å². The lowest BCUT2D eigenvalue weighted by atomic mass is 9.90. The SMILES string of the molecule is CC(=O)N1Cc2ccccc2C2=C(ON(C)C2C)c2ccccc21. The smallest absolute Gasteiger partial charge is 0.224 e. The molecule has 4 rings (SSSR count). The van der Waals surface area contributed by atoms with Crippen LogP contribution in [0.15, 0.2) is 48.5 Å². The molecule has 122 valence electrons. The van der Waals surface area contributed by atoms with Crippen molar-refractivity contribution in [3.8, 4) is 0 Å². The van der Waals surface area contributed by atoms with Gasteiger partial charge in [-0.25, -0.2) is 0 Å². The van der Waals surface area contributed by atoms with Crippen LogP contribution in [-0.2, 0) is 16.2 Å². The highest BCUT2D eigenvalue weighted by molar-refractivity contribution is 6.01. The molecule has 1 unspecified atom stereocenters. The molecule has 0 saturated heterocycles. The molecule has 1 amide bonds. The predicted octanol–water partition coefficient (Wildman–Crippen LogP) is 3.69. The van der Waals surface area contributed by atoms with E-state index >= 15 is 0 Å². The molecule has 0 aromatic heterocycles. The fourth-order valence-electron chi connectivity index (χ4n) is 3.54. The van der Waals surface area contributed by atoms with E-state index < -0.39 is 0 Å². The lowest BCUT2D eigenvalue weighted by Crippen LogP contribution is -2.30. The average Bonchev–Trinajstić information content (AvgIpc) is 2.86. The van der Waals surface area contributed by atoms with Crippen molar-refractivity contribution in [2.45, 2.75) is 26.4 Å². The average molecular weight is 320 g/mol. The van der Waals surface area contributed by atoms with Gasteiger partial charge in [-0.2, -0.15) is 0 Å². The Morgan fingerprint density at radius 1 is 1.08 bits per heavy atom. The Morgan fingerprint density at radius 2 is 1.75 bits per heavy atom. The van der Waals surface area contributed by atoms with E-state index in [1.165, 1.54) is 5.57 Å². The quantitative estimate of drug-likeness (QED) is 0.742. The molecule has 24 heavy (non-hydrogen) atoms. The van der Waals surface area contributed by atoms with Gasteiger partial charge in [-0.1, -0.05) is 36.4 Å². The predicted molar refractivity (Wildman–Crippen MR) is 94.9 cm³/mol. The number of amides is 1. The van der Waals surface area contributed by atoms with Crippen molar-refractivity contribution in [3.63, 3.8) is 0 Å². The fourth-order valence-corrected chi connectivity index (χ4v) is 3.54. The normalized spacial score (nSPS) is 19.8. The summed E-state index contributed by atoms with van der Waals surface area (Å²) in [5.41, 5.74) is 5.34. The molecule has 4 nitrogen and oxygen atoms in total. The van der Waals surface area contributed by atoms with Crippen molar-refractivity contribution in [1.29, 1.82) is 0 Å². The van der Waals surface area contributed by atoms with Crippen LogP contribution in [0.25, 0.3) is 11.3 Å². The number of nitrogens with zero attached hydrogens (tertiary/aromatic N) is 2. The zero-order valence-corrected chi connectivity index (χ0v) is 14.1. The molecule has 2 aromatic carbocycles. The largest absolute Gasteiger partial charge is 0.405 e. The summed E-state index contributed by atoms with van der Waals surface area (Å²) >= 11 is 0. The first kappa shape index (κ1) is 15.0. The second kappa shape index (κ2) is 5.49. The van der Waals surface area contributed by atoms with Gasteiger partial charge in [0.05, 0.1) is 18.3 Å². The Balaban J connectivity index is 2.06. The van der Waals surface area contributed by atoms with Gasteiger partial charge in [-0.15, -0.1) is 5.06 Å². The molecule has 1 atom stereocenters. The summed E-state index contributed by atoms with van der Waals surface area (Å²) in [5.74, 6) is 0.875. The summed E-state index contributed by atoms with van der Waals surface area (Å²) in [7, 11) is 1.95. The molecule has 0 fully saturated rings. The molecule has 0 aliphatic carbocycles. The van der Waals surface area contributed by atoms with Gasteiger partial charge < -0.3 is 9.74 Å². The van der Waals surface area contributed by atoms with E-state index in [9.17, 15) is 4.79 Å². The van der Waals surface area contributed by atoms with Gasteiger partial charge >= 0.3 is 0 Å². The lowest BCUT2D eigenvalue weighted by Gasteiger charge is -2.28. The van der Waals surface area contributed by atoms with Gasteiger partial charge in [0.2, 0.25) is 5.91 Å². The summed E-state index contributed by atoms with van der Waals surface area (Å²) in [6, 6.07) is 16.4. The number of hydrogen-bond acceptors (Lipinski definition) is 3. The van der Waals surface area contributed by atoms with Crippen LogP contribution in [0.5, 0.6) is 0 Å². The van der Waals surface area contributed by atoms with E-state index in [-0.39, 0.29) is 11.9 Å². The second-order valence-electron chi connectivity index (χ2n) is 6.34. The maximum Gasteiger partial charge on any atom is 0.224 e. The maximum atomic E-state index is 12.3. The summed E-state index contributed by atoms with van der Waals surface area (Å²) in [4.78, 5) is 20.2. The molecule has 0 saturated carbocycles. The Hall–Kier alpha value is -2.59. The van der Waals surface area contributed by atoms with E-state index in [0.717, 1.165) is 28.1 Å². The number of hydrogen-bond donors (Lipinski definition) is 0. The first-order chi connectivity index (χ1) is 11.6. The maximum absolute atomic E-state index is 12.3. The highest BCUT2D eigenvalue weighted by Gasteiger charge is 2.35. The number of para-hydroxylation sites is 1. The molecular weight excluding hydrogens is 300 g/mol.